The first-order valence-electron chi connectivity index (χ1n) is 6.82. The van der Waals surface area contributed by atoms with Gasteiger partial charge in [0.15, 0.2) is 0 Å². The van der Waals surface area contributed by atoms with Crippen LogP contribution in [-0.4, -0.2) is 62.3 Å². The molecule has 0 bridgehead atoms. The molecule has 1 heterocycles. The average molecular weight is 332 g/mol. The number of carbonyl (C=O) groups is 1. The van der Waals surface area contributed by atoms with Crippen LogP contribution in [-0.2, 0) is 4.74 Å². The molecule has 2 rings (SSSR count). The Hall–Kier alpha value is -1.01. The summed E-state index contributed by atoms with van der Waals surface area (Å²) in [6.07, 6.45) is 0. The summed E-state index contributed by atoms with van der Waals surface area (Å²) < 4.78 is 5.06. The van der Waals surface area contributed by atoms with Crippen LogP contribution in [0.2, 0.25) is 10.0 Å². The number of nitrogens with one attached hydrogen (secondary N) is 1. The highest BCUT2D eigenvalue weighted by atomic mass is 35.5. The molecular weight excluding hydrogens is 313 g/mol. The van der Waals surface area contributed by atoms with E-state index in [9.17, 15) is 4.79 Å². The number of methoxy groups -OCH3 is 1. The maximum absolute atomic E-state index is 12.2. The minimum atomic E-state index is -0.148. The van der Waals surface area contributed by atoms with Gasteiger partial charge in [0.05, 0.1) is 17.3 Å². The molecule has 0 atom stereocenters. The molecule has 116 valence electrons. The van der Waals surface area contributed by atoms with Crippen molar-refractivity contribution in [1.82, 2.24) is 9.80 Å². The molecule has 0 unspecified atom stereocenters. The van der Waals surface area contributed by atoms with Crippen LogP contribution in [0, 0.1) is 0 Å². The number of hydrogen-bond acceptors (Lipinski definition) is 3. The zero-order chi connectivity index (χ0) is 15.2. The fourth-order valence-corrected chi connectivity index (χ4v) is 2.52. The molecule has 0 aromatic heterocycles. The van der Waals surface area contributed by atoms with Crippen molar-refractivity contribution in [2.24, 2.45) is 0 Å². The third-order valence-corrected chi connectivity index (χ3v) is 4.01. The van der Waals surface area contributed by atoms with E-state index in [4.69, 9.17) is 27.9 Å². The monoisotopic (exact) mass is 331 g/mol. The van der Waals surface area contributed by atoms with E-state index in [1.807, 2.05) is 0 Å². The van der Waals surface area contributed by atoms with Crippen LogP contribution in [0.25, 0.3) is 0 Å². The summed E-state index contributed by atoms with van der Waals surface area (Å²) in [6, 6.07) is 4.86. The van der Waals surface area contributed by atoms with Crippen LogP contribution in [0.3, 0.4) is 0 Å². The van der Waals surface area contributed by atoms with Gasteiger partial charge in [0.2, 0.25) is 0 Å². The Labute approximate surface area is 134 Å². The van der Waals surface area contributed by atoms with Gasteiger partial charge in [-0.15, -0.1) is 0 Å². The number of halogens is 2. The van der Waals surface area contributed by atoms with E-state index in [-0.39, 0.29) is 6.03 Å². The molecule has 0 saturated carbocycles. The lowest BCUT2D eigenvalue weighted by Crippen LogP contribution is -2.50. The van der Waals surface area contributed by atoms with E-state index in [1.54, 1.807) is 30.2 Å². The van der Waals surface area contributed by atoms with Gasteiger partial charge < -0.3 is 15.0 Å². The Morgan fingerprint density at radius 2 is 2.00 bits per heavy atom. The smallest absolute Gasteiger partial charge is 0.321 e. The van der Waals surface area contributed by atoms with E-state index in [0.717, 1.165) is 19.6 Å². The molecule has 7 heteroatoms. The second-order valence-electron chi connectivity index (χ2n) is 4.88. The van der Waals surface area contributed by atoms with Gasteiger partial charge in [-0.25, -0.2) is 4.79 Å². The Balaban J connectivity index is 1.86. The number of amides is 2. The Morgan fingerprint density at radius 3 is 2.67 bits per heavy atom. The summed E-state index contributed by atoms with van der Waals surface area (Å²) >= 11 is 12.0. The summed E-state index contributed by atoms with van der Waals surface area (Å²) in [6.45, 7) is 4.68. The lowest BCUT2D eigenvalue weighted by Gasteiger charge is -2.34. The summed E-state index contributed by atoms with van der Waals surface area (Å²) in [5.74, 6) is 0. The van der Waals surface area contributed by atoms with Crippen molar-refractivity contribution in [2.75, 3.05) is 51.8 Å². The van der Waals surface area contributed by atoms with E-state index in [2.05, 4.69) is 10.2 Å². The molecule has 1 fully saturated rings. The molecule has 0 spiro atoms. The average Bonchev–Trinajstić information content (AvgIpc) is 2.49. The maximum atomic E-state index is 12.2. The standard InChI is InChI=1S/C14H19Cl2N3O2/c1-21-9-8-18-4-6-19(7-5-18)14(20)17-13-10-11(15)2-3-12(13)16/h2-3,10H,4-9H2,1H3,(H,17,20). The highest BCUT2D eigenvalue weighted by Crippen LogP contribution is 2.25. The first kappa shape index (κ1) is 16.4. The van der Waals surface area contributed by atoms with Gasteiger partial charge in [0.1, 0.15) is 0 Å². The lowest BCUT2D eigenvalue weighted by molar-refractivity contribution is 0.109. The van der Waals surface area contributed by atoms with Gasteiger partial charge in [-0.3, -0.25) is 4.90 Å². The molecule has 0 aliphatic carbocycles. The molecule has 1 aromatic rings. The molecule has 1 aliphatic rings. The summed E-state index contributed by atoms with van der Waals surface area (Å²) in [5, 5.41) is 3.83. The van der Waals surface area contributed by atoms with Gasteiger partial charge >= 0.3 is 6.03 Å². The van der Waals surface area contributed by atoms with E-state index in [0.29, 0.717) is 35.4 Å². The predicted molar refractivity (Wildman–Crippen MR) is 85.4 cm³/mol. The van der Waals surface area contributed by atoms with Crippen molar-refractivity contribution in [3.8, 4) is 0 Å². The summed E-state index contributed by atoms with van der Waals surface area (Å²) in [4.78, 5) is 16.3. The van der Waals surface area contributed by atoms with Gasteiger partial charge in [0, 0.05) is 44.9 Å². The van der Waals surface area contributed by atoms with Crippen molar-refractivity contribution in [3.63, 3.8) is 0 Å². The number of hydrogen-bond donors (Lipinski definition) is 1. The van der Waals surface area contributed by atoms with Crippen LogP contribution in [0.1, 0.15) is 0 Å². The number of benzene rings is 1. The molecule has 1 aromatic carbocycles. The number of urea groups is 1. The second kappa shape index (κ2) is 7.84. The van der Waals surface area contributed by atoms with Crippen LogP contribution in [0.5, 0.6) is 0 Å². The molecule has 1 aliphatic heterocycles. The van der Waals surface area contributed by atoms with Crippen LogP contribution in [0.4, 0.5) is 10.5 Å². The number of carbonyl (C=O) groups excluding carboxylic acids is 1. The lowest BCUT2D eigenvalue weighted by atomic mass is 10.3. The minimum Gasteiger partial charge on any atom is -0.383 e. The van der Waals surface area contributed by atoms with E-state index >= 15 is 0 Å². The van der Waals surface area contributed by atoms with Gasteiger partial charge in [-0.05, 0) is 18.2 Å². The summed E-state index contributed by atoms with van der Waals surface area (Å²) in [7, 11) is 1.69. The SMILES string of the molecule is COCCN1CCN(C(=O)Nc2cc(Cl)ccc2Cl)CC1. The number of anilines is 1. The van der Waals surface area contributed by atoms with Crippen LogP contribution in [0.15, 0.2) is 18.2 Å². The molecule has 0 radical (unpaired) electrons. The Bertz CT molecular complexity index is 491. The van der Waals surface area contributed by atoms with Gasteiger partial charge in [-0.1, -0.05) is 23.2 Å². The fraction of sp³-hybridized carbons (Fsp3) is 0.500. The molecule has 1 saturated heterocycles. The zero-order valence-corrected chi connectivity index (χ0v) is 13.5. The van der Waals surface area contributed by atoms with Crippen molar-refractivity contribution in [3.05, 3.63) is 28.2 Å². The highest BCUT2D eigenvalue weighted by Gasteiger charge is 2.21. The third kappa shape index (κ3) is 4.74. The fourth-order valence-electron chi connectivity index (χ4n) is 2.18. The van der Waals surface area contributed by atoms with Crippen molar-refractivity contribution >= 4 is 34.9 Å². The molecule has 2 amide bonds. The number of piperazine rings is 1. The maximum Gasteiger partial charge on any atom is 0.321 e. The quantitative estimate of drug-likeness (QED) is 0.922. The first-order valence-corrected chi connectivity index (χ1v) is 7.58. The predicted octanol–water partition coefficient (Wildman–Crippen LogP) is 2.79. The summed E-state index contributed by atoms with van der Waals surface area (Å²) in [5.41, 5.74) is 0.538. The normalized spacial score (nSPS) is 16.0. The number of rotatable bonds is 4. The van der Waals surface area contributed by atoms with Crippen molar-refractivity contribution in [1.29, 1.82) is 0 Å². The first-order chi connectivity index (χ1) is 10.1. The zero-order valence-electron chi connectivity index (χ0n) is 11.9. The molecule has 1 N–H and O–H groups in total. The Morgan fingerprint density at radius 1 is 1.29 bits per heavy atom. The van der Waals surface area contributed by atoms with Gasteiger partial charge in [0.25, 0.3) is 0 Å². The van der Waals surface area contributed by atoms with Crippen molar-refractivity contribution in [2.45, 2.75) is 0 Å². The largest absolute Gasteiger partial charge is 0.383 e. The van der Waals surface area contributed by atoms with Crippen molar-refractivity contribution < 1.29 is 9.53 Å². The molecular formula is C14H19Cl2N3O2. The number of nitrogens with zero attached hydrogens (tertiary/aromatic N) is 2. The second-order valence-corrected chi connectivity index (χ2v) is 5.72. The van der Waals surface area contributed by atoms with Crippen LogP contribution >= 0.6 is 23.2 Å². The third-order valence-electron chi connectivity index (χ3n) is 3.44. The molecule has 21 heavy (non-hydrogen) atoms. The molecule has 5 nitrogen and oxygen atoms in total. The van der Waals surface area contributed by atoms with Gasteiger partial charge in [-0.2, -0.15) is 0 Å². The van der Waals surface area contributed by atoms with E-state index in [1.165, 1.54) is 0 Å². The number of ether oxygens (including phenoxy) is 1. The van der Waals surface area contributed by atoms with E-state index < -0.39 is 0 Å². The topological polar surface area (TPSA) is 44.8 Å². The Kier molecular flexibility index (Phi) is 6.11. The minimum absolute atomic E-state index is 0.148. The van der Waals surface area contributed by atoms with Crippen LogP contribution < -0.4 is 5.32 Å². The highest BCUT2D eigenvalue weighted by molar-refractivity contribution is 6.35.